The summed E-state index contributed by atoms with van der Waals surface area (Å²) in [6.45, 7) is 1.91. The predicted octanol–water partition coefficient (Wildman–Crippen LogP) is 3.20. The lowest BCUT2D eigenvalue weighted by atomic mass is 10.1. The lowest BCUT2D eigenvalue weighted by Gasteiger charge is -2.03. The van der Waals surface area contributed by atoms with Gasteiger partial charge in [0.2, 0.25) is 0 Å². The Balaban J connectivity index is 2.19. The maximum Gasteiger partial charge on any atom is 0.139 e. The molecule has 0 aliphatic heterocycles. The first-order chi connectivity index (χ1) is 9.72. The Morgan fingerprint density at radius 1 is 1.15 bits per heavy atom. The zero-order valence-corrected chi connectivity index (χ0v) is 11.2. The van der Waals surface area contributed by atoms with Crippen molar-refractivity contribution in [3.8, 4) is 11.3 Å². The van der Waals surface area contributed by atoms with Crippen molar-refractivity contribution in [2.75, 3.05) is 0 Å². The number of aryl methyl sites for hydroxylation is 1. The van der Waals surface area contributed by atoms with Gasteiger partial charge in [0.1, 0.15) is 11.5 Å². The Hall–Kier alpha value is -2.20. The van der Waals surface area contributed by atoms with Crippen molar-refractivity contribution in [1.82, 2.24) is 9.38 Å². The Labute approximate surface area is 116 Å². The lowest BCUT2D eigenvalue weighted by Crippen LogP contribution is -1.95. The van der Waals surface area contributed by atoms with Gasteiger partial charge >= 0.3 is 0 Å². The quantitative estimate of drug-likeness (QED) is 0.793. The summed E-state index contributed by atoms with van der Waals surface area (Å²) in [5.41, 5.74) is 4.10. The maximum absolute atomic E-state index is 13.3. The number of hydrogen-bond donors (Lipinski definition) is 1. The molecule has 0 aliphatic carbocycles. The standard InChI is InChI=1S/C16H15FN2O/c1-2-11-3-5-12(6-4-11)16-14(10-20)19-9-13(17)7-8-15(19)18-16/h3-9,20H,2,10H2,1H3. The molecule has 3 aromatic rings. The number of imidazole rings is 1. The van der Waals surface area contributed by atoms with Gasteiger partial charge in [-0.1, -0.05) is 31.2 Å². The van der Waals surface area contributed by atoms with Crippen LogP contribution in [0.15, 0.2) is 42.6 Å². The van der Waals surface area contributed by atoms with Crippen LogP contribution in [0.1, 0.15) is 18.2 Å². The monoisotopic (exact) mass is 270 g/mol. The molecule has 0 saturated carbocycles. The van der Waals surface area contributed by atoms with Crippen molar-refractivity contribution in [3.63, 3.8) is 0 Å². The van der Waals surface area contributed by atoms with Crippen LogP contribution in [-0.2, 0) is 13.0 Å². The van der Waals surface area contributed by atoms with Gasteiger partial charge in [0, 0.05) is 11.8 Å². The summed E-state index contributed by atoms with van der Waals surface area (Å²) in [5, 5.41) is 9.58. The molecule has 2 aromatic heterocycles. The Bertz CT molecular complexity index is 747. The molecular weight excluding hydrogens is 255 g/mol. The van der Waals surface area contributed by atoms with E-state index in [4.69, 9.17) is 0 Å². The summed E-state index contributed by atoms with van der Waals surface area (Å²) in [6, 6.07) is 11.0. The van der Waals surface area contributed by atoms with Crippen molar-refractivity contribution in [1.29, 1.82) is 0 Å². The number of fused-ring (bicyclic) bond motifs is 1. The number of aliphatic hydroxyl groups excluding tert-OH is 1. The topological polar surface area (TPSA) is 37.5 Å². The van der Waals surface area contributed by atoms with Gasteiger partial charge in [0.25, 0.3) is 0 Å². The van der Waals surface area contributed by atoms with E-state index in [2.05, 4.69) is 11.9 Å². The largest absolute Gasteiger partial charge is 0.390 e. The fourth-order valence-corrected chi connectivity index (χ4v) is 2.35. The Morgan fingerprint density at radius 3 is 2.55 bits per heavy atom. The minimum Gasteiger partial charge on any atom is -0.390 e. The van der Waals surface area contributed by atoms with Crippen LogP contribution in [0.3, 0.4) is 0 Å². The molecule has 3 rings (SSSR count). The average Bonchev–Trinajstić information content (AvgIpc) is 2.85. The summed E-state index contributed by atoms with van der Waals surface area (Å²) < 4.78 is 14.9. The summed E-state index contributed by atoms with van der Waals surface area (Å²) in [4.78, 5) is 4.49. The number of benzene rings is 1. The van der Waals surface area contributed by atoms with Crippen LogP contribution in [0.25, 0.3) is 16.9 Å². The van der Waals surface area contributed by atoms with Crippen LogP contribution < -0.4 is 0 Å². The second kappa shape index (κ2) is 5.06. The van der Waals surface area contributed by atoms with Crippen molar-refractivity contribution >= 4 is 5.65 Å². The van der Waals surface area contributed by atoms with E-state index in [9.17, 15) is 9.50 Å². The number of aliphatic hydroxyl groups is 1. The summed E-state index contributed by atoms with van der Waals surface area (Å²) >= 11 is 0. The third kappa shape index (κ3) is 2.08. The van der Waals surface area contributed by atoms with Crippen LogP contribution in [0, 0.1) is 5.82 Å². The van der Waals surface area contributed by atoms with Crippen molar-refractivity contribution < 1.29 is 9.50 Å². The highest BCUT2D eigenvalue weighted by Gasteiger charge is 2.13. The van der Waals surface area contributed by atoms with Crippen LogP contribution in [0.2, 0.25) is 0 Å². The van der Waals surface area contributed by atoms with Gasteiger partial charge < -0.3 is 5.11 Å². The first kappa shape index (κ1) is 12.8. The number of rotatable bonds is 3. The van der Waals surface area contributed by atoms with Crippen molar-refractivity contribution in [2.45, 2.75) is 20.0 Å². The molecule has 1 aromatic carbocycles. The highest BCUT2D eigenvalue weighted by molar-refractivity contribution is 5.66. The molecule has 0 unspecified atom stereocenters. The average molecular weight is 270 g/mol. The van der Waals surface area contributed by atoms with Crippen LogP contribution in [0.4, 0.5) is 4.39 Å². The zero-order chi connectivity index (χ0) is 14.1. The molecule has 2 heterocycles. The molecule has 20 heavy (non-hydrogen) atoms. The van der Waals surface area contributed by atoms with E-state index in [1.807, 2.05) is 24.3 Å². The molecule has 0 aliphatic rings. The molecule has 4 heteroatoms. The molecule has 0 spiro atoms. The fraction of sp³-hybridized carbons (Fsp3) is 0.188. The predicted molar refractivity (Wildman–Crippen MR) is 75.9 cm³/mol. The van der Waals surface area contributed by atoms with Gasteiger partial charge in [0.05, 0.1) is 18.0 Å². The highest BCUT2D eigenvalue weighted by Crippen LogP contribution is 2.25. The first-order valence-corrected chi connectivity index (χ1v) is 6.59. The third-order valence-electron chi connectivity index (χ3n) is 3.47. The molecular formula is C16H15FN2O. The summed E-state index contributed by atoms with van der Waals surface area (Å²) in [5.74, 6) is -0.350. The minimum atomic E-state index is -0.350. The van der Waals surface area contributed by atoms with Crippen LogP contribution >= 0.6 is 0 Å². The molecule has 0 atom stereocenters. The number of hydrogen-bond acceptors (Lipinski definition) is 2. The SMILES string of the molecule is CCc1ccc(-c2nc3ccc(F)cn3c2CO)cc1. The smallest absolute Gasteiger partial charge is 0.139 e. The molecule has 0 amide bonds. The van der Waals surface area contributed by atoms with Gasteiger partial charge in [-0.25, -0.2) is 9.37 Å². The highest BCUT2D eigenvalue weighted by atomic mass is 19.1. The van der Waals surface area contributed by atoms with E-state index < -0.39 is 0 Å². The van der Waals surface area contributed by atoms with Crippen molar-refractivity contribution in [3.05, 3.63) is 59.7 Å². The summed E-state index contributed by atoms with van der Waals surface area (Å²) in [6.07, 6.45) is 2.32. The minimum absolute atomic E-state index is 0.185. The van der Waals surface area contributed by atoms with E-state index >= 15 is 0 Å². The fourth-order valence-electron chi connectivity index (χ4n) is 2.35. The molecule has 0 fully saturated rings. The van der Waals surface area contributed by atoms with E-state index in [1.165, 1.54) is 17.8 Å². The lowest BCUT2D eigenvalue weighted by molar-refractivity contribution is 0.276. The molecule has 1 N–H and O–H groups in total. The molecule has 3 nitrogen and oxygen atoms in total. The Kier molecular flexibility index (Phi) is 3.24. The number of pyridine rings is 1. The van der Waals surface area contributed by atoms with Gasteiger partial charge in [0.15, 0.2) is 0 Å². The van der Waals surface area contributed by atoms with E-state index in [-0.39, 0.29) is 12.4 Å². The number of halogens is 1. The van der Waals surface area contributed by atoms with Gasteiger partial charge in [-0.3, -0.25) is 4.40 Å². The zero-order valence-electron chi connectivity index (χ0n) is 11.2. The molecule has 0 radical (unpaired) electrons. The van der Waals surface area contributed by atoms with Gasteiger partial charge in [-0.2, -0.15) is 0 Å². The first-order valence-electron chi connectivity index (χ1n) is 6.59. The third-order valence-corrected chi connectivity index (χ3v) is 3.47. The summed E-state index contributed by atoms with van der Waals surface area (Å²) in [7, 11) is 0. The van der Waals surface area contributed by atoms with Crippen molar-refractivity contribution in [2.24, 2.45) is 0 Å². The second-order valence-electron chi connectivity index (χ2n) is 4.69. The molecule has 0 saturated heterocycles. The van der Waals surface area contributed by atoms with Crippen LogP contribution in [-0.4, -0.2) is 14.5 Å². The normalized spacial score (nSPS) is 11.2. The van der Waals surface area contributed by atoms with E-state index in [0.717, 1.165) is 12.0 Å². The van der Waals surface area contributed by atoms with Gasteiger partial charge in [-0.05, 0) is 24.1 Å². The van der Waals surface area contributed by atoms with E-state index in [1.54, 1.807) is 10.5 Å². The second-order valence-corrected chi connectivity index (χ2v) is 4.69. The molecule has 102 valence electrons. The number of aromatic nitrogens is 2. The maximum atomic E-state index is 13.3. The Morgan fingerprint density at radius 2 is 1.90 bits per heavy atom. The van der Waals surface area contributed by atoms with Crippen LogP contribution in [0.5, 0.6) is 0 Å². The van der Waals surface area contributed by atoms with E-state index in [0.29, 0.717) is 17.0 Å². The van der Waals surface area contributed by atoms with Gasteiger partial charge in [-0.15, -0.1) is 0 Å². The molecule has 0 bridgehead atoms. The number of nitrogens with zero attached hydrogens (tertiary/aromatic N) is 2.